The second-order valence-electron chi connectivity index (χ2n) is 2.99. The first-order valence-electron chi connectivity index (χ1n) is 4.38. The molecule has 2 rings (SSSR count). The lowest BCUT2D eigenvalue weighted by Crippen LogP contribution is -2.23. The summed E-state index contributed by atoms with van der Waals surface area (Å²) in [6.45, 7) is 0. The monoisotopic (exact) mass is 204 g/mol. The lowest BCUT2D eigenvalue weighted by atomic mass is 10.1. The predicted octanol–water partition coefficient (Wildman–Crippen LogP) is 0.314. The minimum Gasteiger partial charge on any atom is -0.394 e. The molecule has 0 aliphatic carbocycles. The Bertz CT molecular complexity index is 528. The van der Waals surface area contributed by atoms with Crippen LogP contribution in [0.25, 0.3) is 0 Å². The van der Waals surface area contributed by atoms with Gasteiger partial charge in [-0.05, 0) is 5.56 Å². The molecule has 0 aliphatic heterocycles. The lowest BCUT2D eigenvalue weighted by Gasteiger charge is -1.97. The molecule has 1 aromatic carbocycles. The Hall–Kier alpha value is -2.17. The predicted molar refractivity (Wildman–Crippen MR) is 52.6 cm³/mol. The van der Waals surface area contributed by atoms with Crippen molar-refractivity contribution in [1.82, 2.24) is 9.97 Å². The van der Waals surface area contributed by atoms with Gasteiger partial charge < -0.3 is 4.42 Å². The largest absolute Gasteiger partial charge is 0.421 e. The Labute approximate surface area is 84.4 Å². The summed E-state index contributed by atoms with van der Waals surface area (Å²) in [5.74, 6) is -0.657. The molecule has 0 spiro atoms. The van der Waals surface area contributed by atoms with Crippen LogP contribution in [0.5, 0.6) is 0 Å². The van der Waals surface area contributed by atoms with Gasteiger partial charge in [-0.25, -0.2) is 14.6 Å². The van der Waals surface area contributed by atoms with Gasteiger partial charge in [0, 0.05) is 6.42 Å². The van der Waals surface area contributed by atoms with Crippen molar-refractivity contribution >= 4 is 0 Å². The van der Waals surface area contributed by atoms with Crippen LogP contribution in [0.2, 0.25) is 0 Å². The van der Waals surface area contributed by atoms with E-state index in [1.807, 2.05) is 35.3 Å². The third-order valence-electron chi connectivity index (χ3n) is 1.84. The molecule has 0 radical (unpaired) electrons. The molecule has 1 N–H and O–H groups in total. The minimum atomic E-state index is -0.777. The van der Waals surface area contributed by atoms with Crippen LogP contribution in [0.3, 0.4) is 0 Å². The second kappa shape index (κ2) is 3.91. The molecule has 0 bridgehead atoms. The molecule has 0 atom stereocenters. The quantitative estimate of drug-likeness (QED) is 0.764. The van der Waals surface area contributed by atoms with Crippen LogP contribution in [-0.4, -0.2) is 9.97 Å². The van der Waals surface area contributed by atoms with Crippen molar-refractivity contribution in [3.8, 4) is 0 Å². The van der Waals surface area contributed by atoms with E-state index in [4.69, 9.17) is 4.42 Å². The van der Waals surface area contributed by atoms with Gasteiger partial charge in [0.15, 0.2) is 0 Å². The fourth-order valence-corrected chi connectivity index (χ4v) is 1.23. The molecule has 76 valence electrons. The van der Waals surface area contributed by atoms with Crippen molar-refractivity contribution in [3.05, 3.63) is 62.8 Å². The van der Waals surface area contributed by atoms with Crippen LogP contribution in [0.1, 0.15) is 11.5 Å². The van der Waals surface area contributed by atoms with Gasteiger partial charge in [-0.2, -0.15) is 4.98 Å². The molecule has 5 nitrogen and oxygen atoms in total. The minimum absolute atomic E-state index is 0.120. The van der Waals surface area contributed by atoms with Gasteiger partial charge in [-0.1, -0.05) is 30.3 Å². The van der Waals surface area contributed by atoms with E-state index >= 15 is 0 Å². The topological polar surface area (TPSA) is 76.0 Å². The molecule has 5 heteroatoms. The molecule has 0 saturated heterocycles. The Morgan fingerprint density at radius 2 is 1.93 bits per heavy atom. The van der Waals surface area contributed by atoms with Crippen molar-refractivity contribution in [2.75, 3.05) is 0 Å². The average Bonchev–Trinajstić information content (AvgIpc) is 2.17. The third-order valence-corrected chi connectivity index (χ3v) is 1.84. The standard InChI is InChI=1S/C10H8N2O3/c13-9-11-8(15-10(14)12-9)6-7-4-2-1-3-5-7/h1-5H,6H2,(H,12,13,14). The molecule has 2 aromatic rings. The van der Waals surface area contributed by atoms with Crippen LogP contribution >= 0.6 is 0 Å². The fraction of sp³-hybridized carbons (Fsp3) is 0.100. The maximum absolute atomic E-state index is 10.9. The first-order chi connectivity index (χ1) is 7.24. The van der Waals surface area contributed by atoms with Crippen molar-refractivity contribution in [2.45, 2.75) is 6.42 Å². The average molecular weight is 204 g/mol. The molecule has 1 aromatic heterocycles. The highest BCUT2D eigenvalue weighted by Gasteiger charge is 2.02. The van der Waals surface area contributed by atoms with Crippen molar-refractivity contribution in [1.29, 1.82) is 0 Å². The van der Waals surface area contributed by atoms with E-state index < -0.39 is 11.4 Å². The highest BCUT2D eigenvalue weighted by atomic mass is 16.4. The molecular formula is C10H8N2O3. The van der Waals surface area contributed by atoms with Crippen molar-refractivity contribution in [2.24, 2.45) is 0 Å². The number of nitrogens with zero attached hydrogens (tertiary/aromatic N) is 1. The third kappa shape index (κ3) is 2.40. The second-order valence-corrected chi connectivity index (χ2v) is 2.99. The zero-order valence-electron chi connectivity index (χ0n) is 7.77. The Kier molecular flexibility index (Phi) is 2.45. The summed E-state index contributed by atoms with van der Waals surface area (Å²) in [7, 11) is 0. The summed E-state index contributed by atoms with van der Waals surface area (Å²) in [4.78, 5) is 27.2. The van der Waals surface area contributed by atoms with Crippen molar-refractivity contribution < 1.29 is 4.42 Å². The summed E-state index contributed by atoms with van der Waals surface area (Å²) in [5.41, 5.74) is 0.246. The lowest BCUT2D eigenvalue weighted by molar-refractivity contribution is 0.413. The van der Waals surface area contributed by atoms with E-state index in [1.54, 1.807) is 0 Å². The molecule has 0 aliphatic rings. The normalized spacial score (nSPS) is 10.1. The summed E-state index contributed by atoms with van der Waals surface area (Å²) >= 11 is 0. The number of hydrogen-bond donors (Lipinski definition) is 1. The molecule has 0 unspecified atom stereocenters. The van der Waals surface area contributed by atoms with Crippen molar-refractivity contribution in [3.63, 3.8) is 0 Å². The molecular weight excluding hydrogens is 196 g/mol. The first kappa shape index (κ1) is 9.39. The van der Waals surface area contributed by atoms with E-state index in [-0.39, 0.29) is 5.89 Å². The zero-order valence-corrected chi connectivity index (χ0v) is 7.77. The molecule has 15 heavy (non-hydrogen) atoms. The maximum Gasteiger partial charge on any atom is 0.421 e. The SMILES string of the molecule is O=c1nc(Cc2ccccc2)oc(=O)[nH]1. The Balaban J connectivity index is 2.33. The van der Waals surface area contributed by atoms with E-state index in [0.29, 0.717) is 6.42 Å². The molecule has 0 saturated carbocycles. The summed E-state index contributed by atoms with van der Waals surface area (Å²) in [6.07, 6.45) is 0.333. The Morgan fingerprint density at radius 3 is 2.60 bits per heavy atom. The summed E-state index contributed by atoms with van der Waals surface area (Å²) in [6, 6.07) is 9.33. The van der Waals surface area contributed by atoms with Crippen LogP contribution in [-0.2, 0) is 6.42 Å². The number of hydrogen-bond acceptors (Lipinski definition) is 4. The number of nitrogens with one attached hydrogen (secondary N) is 1. The first-order valence-corrected chi connectivity index (χ1v) is 4.38. The van der Waals surface area contributed by atoms with Gasteiger partial charge in [0.2, 0.25) is 5.89 Å². The molecule has 0 fully saturated rings. The number of benzene rings is 1. The number of aromatic nitrogens is 2. The fourth-order valence-electron chi connectivity index (χ4n) is 1.23. The van der Waals surface area contributed by atoms with Crippen LogP contribution in [0, 0.1) is 0 Å². The summed E-state index contributed by atoms with van der Waals surface area (Å²) < 4.78 is 4.74. The van der Waals surface area contributed by atoms with Crippen LogP contribution in [0.15, 0.2) is 44.3 Å². The van der Waals surface area contributed by atoms with E-state index in [0.717, 1.165) is 5.56 Å². The van der Waals surface area contributed by atoms with Crippen LogP contribution < -0.4 is 11.4 Å². The number of H-pyrrole nitrogens is 1. The maximum atomic E-state index is 10.9. The highest BCUT2D eigenvalue weighted by Crippen LogP contribution is 2.03. The Morgan fingerprint density at radius 1 is 1.20 bits per heavy atom. The van der Waals surface area contributed by atoms with E-state index in [9.17, 15) is 9.59 Å². The van der Waals surface area contributed by atoms with Gasteiger partial charge in [-0.3, -0.25) is 0 Å². The highest BCUT2D eigenvalue weighted by molar-refractivity contribution is 5.17. The molecule has 1 heterocycles. The molecule has 0 amide bonds. The van der Waals surface area contributed by atoms with E-state index in [2.05, 4.69) is 4.98 Å². The van der Waals surface area contributed by atoms with Gasteiger partial charge in [0.25, 0.3) is 0 Å². The van der Waals surface area contributed by atoms with Crippen LogP contribution in [0.4, 0.5) is 0 Å². The van der Waals surface area contributed by atoms with Gasteiger partial charge in [0.1, 0.15) is 0 Å². The van der Waals surface area contributed by atoms with Gasteiger partial charge in [-0.15, -0.1) is 0 Å². The summed E-state index contributed by atoms with van der Waals surface area (Å²) in [5, 5.41) is 0. The zero-order chi connectivity index (χ0) is 10.7. The smallest absolute Gasteiger partial charge is 0.394 e. The number of rotatable bonds is 2. The number of aromatic amines is 1. The van der Waals surface area contributed by atoms with E-state index in [1.165, 1.54) is 0 Å². The van der Waals surface area contributed by atoms with Gasteiger partial charge in [0.05, 0.1) is 0 Å². The van der Waals surface area contributed by atoms with Gasteiger partial charge >= 0.3 is 11.4 Å².